The molecule has 4 N–H and O–H groups in total. The Morgan fingerprint density at radius 3 is 2.94 bits per heavy atom. The standard InChI is InChI=1S/C11H18N4O2S/c1-8(18(2)17)3-6-14-11(16)9-4-5-13-7-10(9)15-12/h4-5,7-8,15H,3,6,12H2,1-2H3,(H,14,16). The monoisotopic (exact) mass is 270 g/mol. The molecule has 7 heteroatoms. The third-order valence-corrected chi connectivity index (χ3v) is 3.99. The molecule has 0 aliphatic heterocycles. The van der Waals surface area contributed by atoms with Crippen molar-refractivity contribution in [2.45, 2.75) is 18.6 Å². The Labute approximate surface area is 109 Å². The molecule has 0 saturated heterocycles. The Morgan fingerprint density at radius 2 is 2.33 bits per heavy atom. The van der Waals surface area contributed by atoms with Crippen LogP contribution in [-0.2, 0) is 10.8 Å². The van der Waals surface area contributed by atoms with Gasteiger partial charge < -0.3 is 10.7 Å². The Kier molecular flexibility index (Phi) is 5.73. The van der Waals surface area contributed by atoms with Gasteiger partial charge in [-0.15, -0.1) is 0 Å². The van der Waals surface area contributed by atoms with Gasteiger partial charge in [0.1, 0.15) is 0 Å². The van der Waals surface area contributed by atoms with Crippen molar-refractivity contribution in [1.82, 2.24) is 10.3 Å². The fourth-order valence-corrected chi connectivity index (χ4v) is 1.81. The number of anilines is 1. The van der Waals surface area contributed by atoms with Crippen molar-refractivity contribution in [3.63, 3.8) is 0 Å². The number of carbonyl (C=O) groups is 1. The molecule has 0 aliphatic rings. The lowest BCUT2D eigenvalue weighted by atomic mass is 10.2. The summed E-state index contributed by atoms with van der Waals surface area (Å²) in [6.07, 6.45) is 5.34. The fraction of sp³-hybridized carbons (Fsp3) is 0.455. The van der Waals surface area contributed by atoms with E-state index < -0.39 is 10.8 Å². The van der Waals surface area contributed by atoms with Crippen LogP contribution >= 0.6 is 0 Å². The second-order valence-corrected chi connectivity index (χ2v) is 5.72. The second kappa shape index (κ2) is 7.07. The van der Waals surface area contributed by atoms with Crippen LogP contribution in [0.1, 0.15) is 23.7 Å². The zero-order chi connectivity index (χ0) is 13.5. The Bertz CT molecular complexity index is 439. The Balaban J connectivity index is 2.53. The lowest BCUT2D eigenvalue weighted by Gasteiger charge is -2.11. The van der Waals surface area contributed by atoms with Crippen LogP contribution in [0.3, 0.4) is 0 Å². The first-order valence-corrected chi connectivity index (χ1v) is 7.19. The molecule has 2 atom stereocenters. The highest BCUT2D eigenvalue weighted by Crippen LogP contribution is 2.11. The average molecular weight is 270 g/mol. The molecule has 1 heterocycles. The summed E-state index contributed by atoms with van der Waals surface area (Å²) in [5.41, 5.74) is 3.34. The summed E-state index contributed by atoms with van der Waals surface area (Å²) >= 11 is 0. The van der Waals surface area contributed by atoms with E-state index in [1.165, 1.54) is 12.4 Å². The summed E-state index contributed by atoms with van der Waals surface area (Å²) < 4.78 is 11.2. The predicted molar refractivity (Wildman–Crippen MR) is 72.5 cm³/mol. The highest BCUT2D eigenvalue weighted by atomic mass is 32.2. The number of aromatic nitrogens is 1. The Hall–Kier alpha value is -1.47. The number of nitrogens with two attached hydrogens (primary N) is 1. The minimum absolute atomic E-state index is 0.0647. The van der Waals surface area contributed by atoms with Gasteiger partial charge in [0.15, 0.2) is 0 Å². The van der Waals surface area contributed by atoms with Crippen LogP contribution in [0, 0.1) is 0 Å². The van der Waals surface area contributed by atoms with Crippen molar-refractivity contribution in [2.24, 2.45) is 5.84 Å². The molecule has 1 amide bonds. The molecule has 1 rings (SSSR count). The smallest absolute Gasteiger partial charge is 0.253 e. The van der Waals surface area contributed by atoms with Crippen LogP contribution in [0.25, 0.3) is 0 Å². The summed E-state index contributed by atoms with van der Waals surface area (Å²) in [6, 6.07) is 1.59. The molecule has 0 bridgehead atoms. The number of hydrogen-bond donors (Lipinski definition) is 3. The highest BCUT2D eigenvalue weighted by molar-refractivity contribution is 7.84. The first-order valence-electron chi connectivity index (χ1n) is 5.57. The number of pyridine rings is 1. The largest absolute Gasteiger partial charge is 0.352 e. The number of amides is 1. The quantitative estimate of drug-likeness (QED) is 0.509. The molecular formula is C11H18N4O2S. The van der Waals surface area contributed by atoms with E-state index in [2.05, 4.69) is 15.7 Å². The molecule has 0 saturated carbocycles. The Morgan fingerprint density at radius 1 is 1.61 bits per heavy atom. The molecule has 0 spiro atoms. The topological polar surface area (TPSA) is 97.1 Å². The number of hydrogen-bond acceptors (Lipinski definition) is 5. The summed E-state index contributed by atoms with van der Waals surface area (Å²) in [5.74, 6) is 5.07. The van der Waals surface area contributed by atoms with Gasteiger partial charge in [-0.05, 0) is 12.5 Å². The molecule has 6 nitrogen and oxygen atoms in total. The third kappa shape index (κ3) is 4.08. The van der Waals surface area contributed by atoms with Crippen molar-refractivity contribution < 1.29 is 9.00 Å². The minimum atomic E-state index is -0.869. The first-order chi connectivity index (χ1) is 8.56. The fourth-order valence-electron chi connectivity index (χ4n) is 1.36. The van der Waals surface area contributed by atoms with Gasteiger partial charge in [-0.25, -0.2) is 0 Å². The number of hydrazine groups is 1. The number of nitrogens with one attached hydrogen (secondary N) is 2. The lowest BCUT2D eigenvalue weighted by molar-refractivity contribution is 0.0954. The van der Waals surface area contributed by atoms with E-state index in [1.807, 2.05) is 6.92 Å². The average Bonchev–Trinajstić information content (AvgIpc) is 2.38. The van der Waals surface area contributed by atoms with Gasteiger partial charge in [-0.3, -0.25) is 19.8 Å². The number of carbonyl (C=O) groups excluding carboxylic acids is 1. The zero-order valence-electron chi connectivity index (χ0n) is 10.5. The van der Waals surface area contributed by atoms with Crippen molar-refractivity contribution in [2.75, 3.05) is 18.2 Å². The van der Waals surface area contributed by atoms with Crippen molar-refractivity contribution >= 4 is 22.4 Å². The number of nitrogens with zero attached hydrogens (tertiary/aromatic N) is 1. The van der Waals surface area contributed by atoms with Crippen LogP contribution < -0.4 is 16.6 Å². The van der Waals surface area contributed by atoms with E-state index in [1.54, 1.807) is 12.3 Å². The maximum Gasteiger partial charge on any atom is 0.253 e. The van der Waals surface area contributed by atoms with Crippen molar-refractivity contribution in [3.8, 4) is 0 Å². The molecule has 100 valence electrons. The van der Waals surface area contributed by atoms with Crippen LogP contribution in [0.15, 0.2) is 18.5 Å². The summed E-state index contributed by atoms with van der Waals surface area (Å²) in [6.45, 7) is 2.37. The lowest BCUT2D eigenvalue weighted by Crippen LogP contribution is -2.28. The van der Waals surface area contributed by atoms with Gasteiger partial charge in [0.05, 0.1) is 17.4 Å². The molecule has 18 heavy (non-hydrogen) atoms. The molecule has 1 aromatic rings. The molecule has 0 fully saturated rings. The number of rotatable bonds is 6. The van der Waals surface area contributed by atoms with Crippen LogP contribution in [0.5, 0.6) is 0 Å². The van der Waals surface area contributed by atoms with Crippen LogP contribution in [-0.4, -0.2) is 33.2 Å². The SMILES string of the molecule is CC(CCNC(=O)c1ccncc1NN)S(C)=O. The van der Waals surface area contributed by atoms with Gasteiger partial charge in [-0.1, -0.05) is 6.92 Å². The van der Waals surface area contributed by atoms with E-state index in [9.17, 15) is 9.00 Å². The predicted octanol–water partition coefficient (Wildman–Crippen LogP) is 0.254. The van der Waals surface area contributed by atoms with E-state index >= 15 is 0 Å². The van der Waals surface area contributed by atoms with Crippen molar-refractivity contribution in [1.29, 1.82) is 0 Å². The van der Waals surface area contributed by atoms with Gasteiger partial charge >= 0.3 is 0 Å². The van der Waals surface area contributed by atoms with Gasteiger partial charge in [0.25, 0.3) is 5.91 Å². The highest BCUT2D eigenvalue weighted by Gasteiger charge is 2.11. The van der Waals surface area contributed by atoms with Gasteiger partial charge in [0.2, 0.25) is 0 Å². The van der Waals surface area contributed by atoms with E-state index in [0.717, 1.165) is 0 Å². The van der Waals surface area contributed by atoms with Crippen LogP contribution in [0.4, 0.5) is 5.69 Å². The van der Waals surface area contributed by atoms with E-state index in [4.69, 9.17) is 5.84 Å². The second-order valence-electron chi connectivity index (χ2n) is 3.92. The third-order valence-electron chi connectivity index (χ3n) is 2.62. The van der Waals surface area contributed by atoms with Crippen LogP contribution in [0.2, 0.25) is 0 Å². The maximum absolute atomic E-state index is 11.9. The summed E-state index contributed by atoms with van der Waals surface area (Å²) in [5, 5.41) is 2.83. The molecule has 2 unspecified atom stereocenters. The summed E-state index contributed by atoms with van der Waals surface area (Å²) in [4.78, 5) is 15.7. The van der Waals surface area contributed by atoms with Crippen molar-refractivity contribution in [3.05, 3.63) is 24.0 Å². The molecule has 0 aromatic carbocycles. The maximum atomic E-state index is 11.9. The van der Waals surface area contributed by atoms with E-state index in [0.29, 0.717) is 24.2 Å². The number of nitrogen functional groups attached to an aromatic ring is 1. The molecule has 1 aromatic heterocycles. The van der Waals surface area contributed by atoms with E-state index in [-0.39, 0.29) is 11.2 Å². The van der Waals surface area contributed by atoms with Gasteiger partial charge in [-0.2, -0.15) is 0 Å². The minimum Gasteiger partial charge on any atom is -0.352 e. The normalized spacial score (nSPS) is 13.7. The zero-order valence-corrected chi connectivity index (χ0v) is 11.3. The first kappa shape index (κ1) is 14.6. The summed E-state index contributed by atoms with van der Waals surface area (Å²) in [7, 11) is -0.869. The molecular weight excluding hydrogens is 252 g/mol. The van der Waals surface area contributed by atoms with Gasteiger partial charge in [0, 0.05) is 35.0 Å². The molecule has 0 aliphatic carbocycles. The molecule has 0 radical (unpaired) electrons.